The lowest BCUT2D eigenvalue weighted by Gasteiger charge is -2.21. The fourth-order valence-corrected chi connectivity index (χ4v) is 3.01. The topological polar surface area (TPSA) is 45.7 Å². The third kappa shape index (κ3) is 4.67. The second kappa shape index (κ2) is 7.79. The van der Waals surface area contributed by atoms with Gasteiger partial charge in [-0.1, -0.05) is 43.3 Å². The summed E-state index contributed by atoms with van der Waals surface area (Å²) in [7, 11) is 0. The zero-order chi connectivity index (χ0) is 17.8. The minimum Gasteiger partial charge on any atom is -0.348 e. The highest BCUT2D eigenvalue weighted by Crippen LogP contribution is 2.21. The number of nitrogens with two attached hydrogens (primary N) is 1. The fourth-order valence-electron chi connectivity index (χ4n) is 3.01. The number of carbonyl (C=O) groups is 1. The first-order chi connectivity index (χ1) is 12.1. The van der Waals surface area contributed by atoms with Gasteiger partial charge in [0.25, 0.3) is 5.91 Å². The Morgan fingerprint density at radius 1 is 1.20 bits per heavy atom. The van der Waals surface area contributed by atoms with Crippen LogP contribution in [0.2, 0.25) is 0 Å². The van der Waals surface area contributed by atoms with Crippen LogP contribution in [0.15, 0.2) is 48.5 Å². The van der Waals surface area contributed by atoms with Crippen molar-refractivity contribution in [2.45, 2.75) is 51.2 Å². The molecule has 2 aromatic carbocycles. The minimum absolute atomic E-state index is 0.0501. The normalized spacial score (nSPS) is 16.3. The molecule has 0 saturated heterocycles. The molecular weight excluding hydrogens is 315 g/mol. The largest absolute Gasteiger partial charge is 0.348 e. The zero-order valence-corrected chi connectivity index (χ0v) is 14.8. The number of rotatable bonds is 7. The van der Waals surface area contributed by atoms with E-state index in [1.807, 2.05) is 18.3 Å². The Bertz CT molecular complexity index is 725. The quantitative estimate of drug-likeness (QED) is 0.799. The highest BCUT2D eigenvalue weighted by Gasteiger charge is 2.29. The highest BCUT2D eigenvalue weighted by molar-refractivity contribution is 5.80. The van der Waals surface area contributed by atoms with Crippen molar-refractivity contribution in [1.29, 1.82) is 0 Å². The molecule has 0 aromatic heterocycles. The van der Waals surface area contributed by atoms with Crippen LogP contribution < -0.4 is 10.6 Å². The number of hydrogen-bond acceptors (Lipinski definition) is 1. The lowest BCUT2D eigenvalue weighted by atomic mass is 9.96. The van der Waals surface area contributed by atoms with Gasteiger partial charge >= 0.3 is 0 Å². The van der Waals surface area contributed by atoms with Crippen molar-refractivity contribution in [3.8, 4) is 0 Å². The lowest BCUT2D eigenvalue weighted by molar-refractivity contribution is -0.704. The number of benzene rings is 2. The van der Waals surface area contributed by atoms with Gasteiger partial charge in [0.05, 0.1) is 0 Å². The molecule has 0 bridgehead atoms. The van der Waals surface area contributed by atoms with E-state index in [-0.39, 0.29) is 23.8 Å². The van der Waals surface area contributed by atoms with E-state index in [1.54, 1.807) is 12.1 Å². The van der Waals surface area contributed by atoms with Gasteiger partial charge in [-0.15, -0.1) is 0 Å². The minimum atomic E-state index is -0.254. The third-order valence-electron chi connectivity index (χ3n) is 4.77. The summed E-state index contributed by atoms with van der Waals surface area (Å²) in [5.74, 6) is -0.203. The molecule has 3 nitrogen and oxygen atoms in total. The van der Waals surface area contributed by atoms with Crippen LogP contribution in [-0.4, -0.2) is 18.0 Å². The van der Waals surface area contributed by atoms with Crippen LogP contribution in [0.25, 0.3) is 0 Å². The first kappa shape index (κ1) is 17.6. The molecule has 1 fully saturated rings. The van der Waals surface area contributed by atoms with E-state index in [0.29, 0.717) is 6.04 Å². The van der Waals surface area contributed by atoms with Crippen LogP contribution in [0.3, 0.4) is 0 Å². The highest BCUT2D eigenvalue weighted by atomic mass is 19.1. The number of amides is 1. The summed E-state index contributed by atoms with van der Waals surface area (Å²) in [5.41, 5.74) is 3.21. The Labute approximate surface area is 148 Å². The number of hydrogen-bond donors (Lipinski definition) is 2. The molecule has 3 N–H and O–H groups in total. The molecule has 0 unspecified atom stereocenters. The molecule has 3 rings (SSSR count). The van der Waals surface area contributed by atoms with Crippen LogP contribution in [0.1, 0.15) is 49.4 Å². The van der Waals surface area contributed by atoms with Gasteiger partial charge in [0.2, 0.25) is 0 Å². The summed E-state index contributed by atoms with van der Waals surface area (Å²) in [6.07, 6.45) is 3.13. The molecular formula is C21H26FN2O+. The monoisotopic (exact) mass is 341 g/mol. The average Bonchev–Trinajstić information content (AvgIpc) is 3.43. The predicted octanol–water partition coefficient (Wildman–Crippen LogP) is 2.71. The van der Waals surface area contributed by atoms with E-state index < -0.39 is 0 Å². The number of carbonyl (C=O) groups excluding carboxylic acids is 1. The Balaban J connectivity index is 1.83. The molecule has 4 heteroatoms. The van der Waals surface area contributed by atoms with Crippen LogP contribution in [0.4, 0.5) is 4.39 Å². The molecule has 132 valence electrons. The van der Waals surface area contributed by atoms with Crippen molar-refractivity contribution in [1.82, 2.24) is 5.32 Å². The van der Waals surface area contributed by atoms with Gasteiger partial charge in [0.1, 0.15) is 11.9 Å². The molecule has 0 heterocycles. The molecule has 2 atom stereocenters. The van der Waals surface area contributed by atoms with E-state index in [1.165, 1.54) is 11.6 Å². The lowest BCUT2D eigenvalue weighted by Crippen LogP contribution is -2.92. The standard InChI is InChI=1S/C21H25FN2O/c1-3-15-7-9-16(10-8-15)20(17-5-4-6-18(22)13-17)23-14(2)21(25)24-19-11-12-19/h4-10,13-14,19-20,23H,3,11-12H2,1-2H3,(H,24,25)/p+1/t14-,20-/m0/s1. The van der Waals surface area contributed by atoms with E-state index in [4.69, 9.17) is 0 Å². The summed E-state index contributed by atoms with van der Waals surface area (Å²) >= 11 is 0. The molecule has 0 spiro atoms. The van der Waals surface area contributed by atoms with Gasteiger partial charge in [0, 0.05) is 17.2 Å². The molecule has 1 aliphatic carbocycles. The Morgan fingerprint density at radius 2 is 1.92 bits per heavy atom. The van der Waals surface area contributed by atoms with E-state index in [0.717, 1.165) is 30.4 Å². The SMILES string of the molecule is CCc1ccc([C@H]([NH2+][C@@H](C)C(=O)NC2CC2)c2cccc(F)c2)cc1. The summed E-state index contributed by atoms with van der Waals surface area (Å²) in [5, 5.41) is 5.07. The van der Waals surface area contributed by atoms with Crippen molar-refractivity contribution < 1.29 is 14.5 Å². The Hall–Kier alpha value is -2.20. The average molecular weight is 341 g/mol. The number of quaternary nitrogens is 1. The van der Waals surface area contributed by atoms with Gasteiger partial charge in [-0.05, 0) is 43.9 Å². The maximum atomic E-state index is 13.7. The van der Waals surface area contributed by atoms with Crippen LogP contribution in [-0.2, 0) is 11.2 Å². The summed E-state index contributed by atoms with van der Waals surface area (Å²) < 4.78 is 13.7. The van der Waals surface area contributed by atoms with Gasteiger partial charge in [-0.2, -0.15) is 0 Å². The molecule has 0 radical (unpaired) electrons. The Morgan fingerprint density at radius 3 is 2.52 bits per heavy atom. The van der Waals surface area contributed by atoms with Crippen LogP contribution in [0, 0.1) is 5.82 Å². The summed E-state index contributed by atoms with van der Waals surface area (Å²) in [4.78, 5) is 12.3. The van der Waals surface area contributed by atoms with Crippen molar-refractivity contribution in [2.24, 2.45) is 0 Å². The molecule has 0 aliphatic heterocycles. The predicted molar refractivity (Wildman–Crippen MR) is 96.6 cm³/mol. The zero-order valence-electron chi connectivity index (χ0n) is 14.8. The van der Waals surface area contributed by atoms with Crippen LogP contribution >= 0.6 is 0 Å². The van der Waals surface area contributed by atoms with Gasteiger partial charge < -0.3 is 10.6 Å². The summed E-state index contributed by atoms with van der Waals surface area (Å²) in [6.45, 7) is 4.03. The van der Waals surface area contributed by atoms with E-state index in [9.17, 15) is 9.18 Å². The first-order valence-corrected chi connectivity index (χ1v) is 9.06. The number of halogens is 1. The van der Waals surface area contributed by atoms with Gasteiger partial charge in [0.15, 0.2) is 6.04 Å². The van der Waals surface area contributed by atoms with Crippen molar-refractivity contribution in [3.05, 3.63) is 71.0 Å². The molecule has 1 amide bonds. The van der Waals surface area contributed by atoms with Gasteiger partial charge in [-0.25, -0.2) is 4.39 Å². The maximum absolute atomic E-state index is 13.7. The smallest absolute Gasteiger partial charge is 0.278 e. The Kier molecular flexibility index (Phi) is 5.49. The maximum Gasteiger partial charge on any atom is 0.278 e. The summed E-state index contributed by atoms with van der Waals surface area (Å²) in [6, 6.07) is 15.0. The van der Waals surface area contributed by atoms with Gasteiger partial charge in [-0.3, -0.25) is 4.79 Å². The van der Waals surface area contributed by atoms with E-state index in [2.05, 4.69) is 36.5 Å². The molecule has 1 saturated carbocycles. The van der Waals surface area contributed by atoms with Crippen molar-refractivity contribution >= 4 is 5.91 Å². The number of nitrogens with one attached hydrogen (secondary N) is 1. The second-order valence-corrected chi connectivity index (χ2v) is 6.89. The number of aryl methyl sites for hydroxylation is 1. The molecule has 1 aliphatic rings. The second-order valence-electron chi connectivity index (χ2n) is 6.89. The molecule has 2 aromatic rings. The van der Waals surface area contributed by atoms with Crippen molar-refractivity contribution in [2.75, 3.05) is 0 Å². The first-order valence-electron chi connectivity index (χ1n) is 9.06. The fraction of sp³-hybridized carbons (Fsp3) is 0.381. The van der Waals surface area contributed by atoms with Crippen LogP contribution in [0.5, 0.6) is 0 Å². The third-order valence-corrected chi connectivity index (χ3v) is 4.77. The molecule has 25 heavy (non-hydrogen) atoms. The van der Waals surface area contributed by atoms with E-state index >= 15 is 0 Å². The van der Waals surface area contributed by atoms with Crippen molar-refractivity contribution in [3.63, 3.8) is 0 Å².